The lowest BCUT2D eigenvalue weighted by atomic mass is 9.95. The van der Waals surface area contributed by atoms with Crippen LogP contribution in [0.2, 0.25) is 0 Å². The zero-order valence-corrected chi connectivity index (χ0v) is 18.7. The largest absolute Gasteiger partial charge is 0.489 e. The molecular formula is C26H26N4O3. The fourth-order valence-electron chi connectivity index (χ4n) is 3.76. The minimum Gasteiger partial charge on any atom is -0.489 e. The summed E-state index contributed by atoms with van der Waals surface area (Å²) in [4.78, 5) is 19.9. The van der Waals surface area contributed by atoms with Crippen LogP contribution in [-0.4, -0.2) is 30.8 Å². The molecule has 4 rings (SSSR count). The highest BCUT2D eigenvalue weighted by Crippen LogP contribution is 2.25. The molecule has 1 atom stereocenters. The Morgan fingerprint density at radius 2 is 1.94 bits per heavy atom. The topological polar surface area (TPSA) is 90.1 Å². The van der Waals surface area contributed by atoms with Gasteiger partial charge >= 0.3 is 5.97 Å². The summed E-state index contributed by atoms with van der Waals surface area (Å²) in [5, 5.41) is 14.7. The smallest absolute Gasteiger partial charge is 0.304 e. The molecule has 0 aliphatic heterocycles. The molecule has 1 N–H and O–H groups in total. The number of aromatic nitrogens is 4. The molecule has 7 heteroatoms. The average Bonchev–Trinajstić information content (AvgIpc) is 3.22. The summed E-state index contributed by atoms with van der Waals surface area (Å²) in [6.07, 6.45) is 9.23. The Labute approximate surface area is 192 Å². The second kappa shape index (κ2) is 10.1. The Bertz CT molecular complexity index is 1260. The number of ether oxygens (including phenoxy) is 1. The van der Waals surface area contributed by atoms with Crippen molar-refractivity contribution in [3.8, 4) is 5.75 Å². The monoisotopic (exact) mass is 442 g/mol. The third-order valence-corrected chi connectivity index (χ3v) is 5.45. The maximum atomic E-state index is 11.1. The van der Waals surface area contributed by atoms with Crippen molar-refractivity contribution in [1.82, 2.24) is 19.7 Å². The van der Waals surface area contributed by atoms with E-state index in [9.17, 15) is 4.79 Å². The van der Waals surface area contributed by atoms with Crippen LogP contribution in [-0.2, 0) is 17.9 Å². The van der Waals surface area contributed by atoms with Gasteiger partial charge in [-0.2, -0.15) is 5.10 Å². The lowest BCUT2D eigenvalue weighted by Crippen LogP contribution is -2.04. The SMILES string of the molecule is CC=C[C@H](CC(=O)O)c1ccc(OCc2cccc3c2cnn3Cc2cnc(C)cn2)cc1. The number of aliphatic carboxylic acids is 1. The zero-order chi connectivity index (χ0) is 23.2. The summed E-state index contributed by atoms with van der Waals surface area (Å²) in [6.45, 7) is 4.76. The highest BCUT2D eigenvalue weighted by atomic mass is 16.5. The van der Waals surface area contributed by atoms with Gasteiger partial charge in [0.1, 0.15) is 12.4 Å². The van der Waals surface area contributed by atoms with E-state index in [0.29, 0.717) is 13.2 Å². The summed E-state index contributed by atoms with van der Waals surface area (Å²) in [5.74, 6) is -0.242. The summed E-state index contributed by atoms with van der Waals surface area (Å²) in [5.41, 5.74) is 4.74. The van der Waals surface area contributed by atoms with E-state index in [-0.39, 0.29) is 12.3 Å². The lowest BCUT2D eigenvalue weighted by Gasteiger charge is -2.12. The molecule has 33 heavy (non-hydrogen) atoms. The molecule has 0 radical (unpaired) electrons. The number of carboxylic acids is 1. The molecule has 7 nitrogen and oxygen atoms in total. The van der Waals surface area contributed by atoms with E-state index in [2.05, 4.69) is 15.1 Å². The van der Waals surface area contributed by atoms with Crippen LogP contribution in [0, 0.1) is 6.92 Å². The first-order chi connectivity index (χ1) is 16.0. The van der Waals surface area contributed by atoms with Crippen molar-refractivity contribution >= 4 is 16.9 Å². The van der Waals surface area contributed by atoms with Gasteiger partial charge in [0.05, 0.1) is 42.3 Å². The normalized spacial score (nSPS) is 12.3. The molecule has 0 aliphatic carbocycles. The van der Waals surface area contributed by atoms with E-state index < -0.39 is 5.97 Å². The van der Waals surface area contributed by atoms with E-state index in [1.54, 1.807) is 12.4 Å². The molecular weight excluding hydrogens is 416 g/mol. The maximum Gasteiger partial charge on any atom is 0.304 e. The molecule has 2 aromatic heterocycles. The van der Waals surface area contributed by atoms with Gasteiger partial charge in [0.25, 0.3) is 0 Å². The van der Waals surface area contributed by atoms with Crippen molar-refractivity contribution in [2.75, 3.05) is 0 Å². The van der Waals surface area contributed by atoms with Crippen molar-refractivity contribution in [1.29, 1.82) is 0 Å². The summed E-state index contributed by atoms with van der Waals surface area (Å²) in [7, 11) is 0. The summed E-state index contributed by atoms with van der Waals surface area (Å²) < 4.78 is 7.94. The molecule has 4 aromatic rings. The Kier molecular flexibility index (Phi) is 6.78. The second-order valence-electron chi connectivity index (χ2n) is 7.89. The van der Waals surface area contributed by atoms with Crippen LogP contribution in [0.25, 0.3) is 10.9 Å². The Morgan fingerprint density at radius 3 is 2.64 bits per heavy atom. The molecule has 0 spiro atoms. The van der Waals surface area contributed by atoms with E-state index in [1.165, 1.54) is 0 Å². The van der Waals surface area contributed by atoms with Crippen LogP contribution in [0.15, 0.2) is 73.2 Å². The highest BCUT2D eigenvalue weighted by molar-refractivity contribution is 5.82. The molecule has 0 bridgehead atoms. The zero-order valence-electron chi connectivity index (χ0n) is 18.7. The standard InChI is InChI=1S/C26H26N4O3/c1-3-5-20(12-26(31)32)19-8-10-23(11-9-19)33-17-21-6-4-7-25-24(21)15-29-30(25)16-22-14-27-18(2)13-28-22/h3-11,13-15,20H,12,16-17H2,1-2H3,(H,31,32)/t20-/m1/s1. The van der Waals surface area contributed by atoms with Crippen molar-refractivity contribution in [3.63, 3.8) is 0 Å². The maximum absolute atomic E-state index is 11.1. The molecule has 0 saturated heterocycles. The van der Waals surface area contributed by atoms with E-state index >= 15 is 0 Å². The van der Waals surface area contributed by atoms with Crippen molar-refractivity contribution < 1.29 is 14.6 Å². The minimum absolute atomic E-state index is 0.0602. The van der Waals surface area contributed by atoms with Crippen molar-refractivity contribution in [2.24, 2.45) is 0 Å². The quantitative estimate of drug-likeness (QED) is 0.371. The first-order valence-electron chi connectivity index (χ1n) is 10.8. The predicted molar refractivity (Wildman–Crippen MR) is 126 cm³/mol. The van der Waals surface area contributed by atoms with Gasteiger partial charge in [-0.25, -0.2) is 0 Å². The number of allylic oxidation sites excluding steroid dienone is 2. The first-order valence-corrected chi connectivity index (χ1v) is 10.8. The van der Waals surface area contributed by atoms with Gasteiger partial charge in [-0.15, -0.1) is 0 Å². The van der Waals surface area contributed by atoms with Crippen molar-refractivity contribution in [2.45, 2.75) is 39.3 Å². The van der Waals surface area contributed by atoms with Gasteiger partial charge < -0.3 is 9.84 Å². The fraction of sp³-hybridized carbons (Fsp3) is 0.231. The number of aryl methyl sites for hydroxylation is 1. The minimum atomic E-state index is -0.818. The van der Waals surface area contributed by atoms with Gasteiger partial charge in [0, 0.05) is 23.1 Å². The van der Waals surface area contributed by atoms with Crippen LogP contribution in [0.3, 0.4) is 0 Å². The van der Waals surface area contributed by atoms with Gasteiger partial charge in [-0.1, -0.05) is 36.4 Å². The molecule has 2 aromatic carbocycles. The number of benzene rings is 2. The van der Waals surface area contributed by atoms with Crippen LogP contribution in [0.4, 0.5) is 0 Å². The summed E-state index contributed by atoms with van der Waals surface area (Å²) in [6, 6.07) is 13.7. The number of hydrogen-bond acceptors (Lipinski definition) is 5. The third-order valence-electron chi connectivity index (χ3n) is 5.45. The van der Waals surface area contributed by atoms with Crippen LogP contribution < -0.4 is 4.74 Å². The van der Waals surface area contributed by atoms with Gasteiger partial charge in [0.2, 0.25) is 0 Å². The van der Waals surface area contributed by atoms with Crippen molar-refractivity contribution in [3.05, 3.63) is 95.7 Å². The fourth-order valence-corrected chi connectivity index (χ4v) is 3.76. The molecule has 2 heterocycles. The molecule has 0 unspecified atom stereocenters. The van der Waals surface area contributed by atoms with Crippen LogP contribution in [0.1, 0.15) is 41.8 Å². The second-order valence-corrected chi connectivity index (χ2v) is 7.89. The molecule has 0 aliphatic rings. The van der Waals surface area contributed by atoms with Crippen LogP contribution >= 0.6 is 0 Å². The van der Waals surface area contributed by atoms with Crippen LogP contribution in [0.5, 0.6) is 5.75 Å². The predicted octanol–water partition coefficient (Wildman–Crippen LogP) is 4.90. The van der Waals surface area contributed by atoms with Gasteiger partial charge in [0.15, 0.2) is 0 Å². The van der Waals surface area contributed by atoms with Gasteiger partial charge in [-0.05, 0) is 37.6 Å². The highest BCUT2D eigenvalue weighted by Gasteiger charge is 2.13. The average molecular weight is 443 g/mol. The van der Waals surface area contributed by atoms with E-state index in [1.807, 2.05) is 79.3 Å². The first kappa shape index (κ1) is 22.2. The lowest BCUT2D eigenvalue weighted by molar-refractivity contribution is -0.137. The molecule has 0 saturated carbocycles. The molecule has 0 fully saturated rings. The number of nitrogens with zero attached hydrogens (tertiary/aromatic N) is 4. The Balaban J connectivity index is 1.46. The molecule has 0 amide bonds. The number of fused-ring (bicyclic) bond motifs is 1. The Hall–Kier alpha value is -4.00. The van der Waals surface area contributed by atoms with Gasteiger partial charge in [-0.3, -0.25) is 19.4 Å². The number of hydrogen-bond donors (Lipinski definition) is 1. The number of carbonyl (C=O) groups is 1. The summed E-state index contributed by atoms with van der Waals surface area (Å²) >= 11 is 0. The van der Waals surface area contributed by atoms with E-state index in [4.69, 9.17) is 9.84 Å². The Morgan fingerprint density at radius 1 is 1.12 bits per heavy atom. The number of rotatable bonds is 9. The number of carboxylic acid groups (broad SMARTS) is 1. The van der Waals surface area contributed by atoms with E-state index in [0.717, 1.165) is 39.2 Å². The third kappa shape index (κ3) is 5.44. The molecule has 168 valence electrons.